The van der Waals surface area contributed by atoms with Crippen LogP contribution in [-0.4, -0.2) is 36.8 Å². The van der Waals surface area contributed by atoms with Crippen LogP contribution < -0.4 is 9.80 Å². The summed E-state index contributed by atoms with van der Waals surface area (Å²) in [5.41, 5.74) is 1.21. The molecule has 2 aromatic rings. The maximum absolute atomic E-state index is 10.9. The Labute approximate surface area is 148 Å². The van der Waals surface area contributed by atoms with Crippen molar-refractivity contribution in [1.29, 1.82) is 0 Å². The predicted octanol–water partition coefficient (Wildman–Crippen LogP) is 2.69. The number of non-ortho nitro benzene ring substituents is 2. The zero-order chi connectivity index (χ0) is 18.5. The van der Waals surface area contributed by atoms with Crippen molar-refractivity contribution in [3.63, 3.8) is 0 Å². The Morgan fingerprint density at radius 3 is 1.46 bits per heavy atom. The van der Waals surface area contributed by atoms with E-state index in [0.29, 0.717) is 11.4 Å². The van der Waals surface area contributed by atoms with E-state index in [9.17, 15) is 20.2 Å². The van der Waals surface area contributed by atoms with Gasteiger partial charge in [0, 0.05) is 35.6 Å². The van der Waals surface area contributed by atoms with Crippen LogP contribution in [0.15, 0.2) is 48.5 Å². The topological polar surface area (TPSA) is 111 Å². The molecular weight excluding hydrogens is 344 g/mol. The number of rotatable bonds is 4. The number of hydrogen-bond acceptors (Lipinski definition) is 8. The van der Waals surface area contributed by atoms with Crippen molar-refractivity contribution in [2.24, 2.45) is 0 Å². The fraction of sp³-hybridized carbons (Fsp3) is 0.250. The largest absolute Gasteiger partial charge is 0.341 e. The minimum atomic E-state index is -0.459. The summed E-state index contributed by atoms with van der Waals surface area (Å²) in [6.07, 6.45) is 0. The highest BCUT2D eigenvalue weighted by molar-refractivity contribution is 5.54. The molecule has 10 nitrogen and oxygen atoms in total. The molecule has 0 radical (unpaired) electrons. The molecule has 0 N–H and O–H groups in total. The first-order chi connectivity index (χ1) is 12.5. The molecule has 0 bridgehead atoms. The second-order valence-electron chi connectivity index (χ2n) is 5.56. The lowest BCUT2D eigenvalue weighted by molar-refractivity contribution is -0.385. The van der Waals surface area contributed by atoms with Gasteiger partial charge in [-0.1, -0.05) is 12.1 Å². The highest BCUT2D eigenvalue weighted by Crippen LogP contribution is 2.24. The smallest absolute Gasteiger partial charge is 0.271 e. The summed E-state index contributed by atoms with van der Waals surface area (Å²) < 4.78 is 11.3. The van der Waals surface area contributed by atoms with Gasteiger partial charge >= 0.3 is 0 Å². The van der Waals surface area contributed by atoms with E-state index in [-0.39, 0.29) is 38.3 Å². The fourth-order valence-corrected chi connectivity index (χ4v) is 2.50. The first kappa shape index (κ1) is 17.6. The molecule has 0 spiro atoms. The highest BCUT2D eigenvalue weighted by atomic mass is 16.6. The van der Waals surface area contributed by atoms with Gasteiger partial charge < -0.3 is 19.3 Å². The molecular formula is C16H16N4O6. The summed E-state index contributed by atoms with van der Waals surface area (Å²) in [5.74, 6) is 0. The monoisotopic (exact) mass is 360 g/mol. The predicted molar refractivity (Wildman–Crippen MR) is 92.8 cm³/mol. The van der Waals surface area contributed by atoms with Gasteiger partial charge in [0.2, 0.25) is 0 Å². The first-order valence-corrected chi connectivity index (χ1v) is 7.69. The fourth-order valence-electron chi connectivity index (χ4n) is 2.50. The Hall–Kier alpha value is -3.24. The standard InChI is InChI=1S/C16H16N4O6/c21-19(22)15-5-1-3-13(7-15)17-9-25-11-18(12-26-10-17)14-4-2-6-16(8-14)20(23)24/h1-8H,9-12H2. The molecule has 1 fully saturated rings. The van der Waals surface area contributed by atoms with Gasteiger partial charge in [-0.15, -0.1) is 0 Å². The molecule has 1 aliphatic heterocycles. The number of ether oxygens (including phenoxy) is 2. The van der Waals surface area contributed by atoms with E-state index in [1.165, 1.54) is 24.3 Å². The highest BCUT2D eigenvalue weighted by Gasteiger charge is 2.17. The van der Waals surface area contributed by atoms with Crippen LogP contribution in [0.1, 0.15) is 0 Å². The van der Waals surface area contributed by atoms with Crippen LogP contribution in [0.4, 0.5) is 22.7 Å². The van der Waals surface area contributed by atoms with Crippen molar-refractivity contribution in [2.75, 3.05) is 36.7 Å². The summed E-state index contributed by atoms with van der Waals surface area (Å²) in [7, 11) is 0. The normalized spacial score (nSPS) is 15.2. The quantitative estimate of drug-likeness (QED) is 0.604. The van der Waals surface area contributed by atoms with Gasteiger partial charge in [-0.25, -0.2) is 0 Å². The second kappa shape index (κ2) is 7.76. The van der Waals surface area contributed by atoms with Gasteiger partial charge in [0.25, 0.3) is 11.4 Å². The molecule has 2 aromatic carbocycles. The molecule has 0 aromatic heterocycles. The number of hydrogen-bond donors (Lipinski definition) is 0. The Bertz CT molecular complexity index is 739. The summed E-state index contributed by atoms with van der Waals surface area (Å²) in [5, 5.41) is 21.8. The van der Waals surface area contributed by atoms with Crippen molar-refractivity contribution >= 4 is 22.7 Å². The van der Waals surface area contributed by atoms with Crippen LogP contribution in [0.25, 0.3) is 0 Å². The number of anilines is 2. The van der Waals surface area contributed by atoms with Crippen molar-refractivity contribution in [1.82, 2.24) is 0 Å². The molecule has 3 rings (SSSR count). The van der Waals surface area contributed by atoms with Crippen molar-refractivity contribution < 1.29 is 19.3 Å². The lowest BCUT2D eigenvalue weighted by Gasteiger charge is -2.32. The van der Waals surface area contributed by atoms with Crippen molar-refractivity contribution in [3.8, 4) is 0 Å². The Morgan fingerprint density at radius 2 is 1.12 bits per heavy atom. The van der Waals surface area contributed by atoms with Gasteiger partial charge in [-0.2, -0.15) is 0 Å². The maximum atomic E-state index is 10.9. The van der Waals surface area contributed by atoms with Crippen LogP contribution in [-0.2, 0) is 9.47 Å². The lowest BCUT2D eigenvalue weighted by atomic mass is 10.2. The number of nitro benzene ring substituents is 2. The third-order valence-electron chi connectivity index (χ3n) is 3.80. The van der Waals surface area contributed by atoms with Crippen LogP contribution >= 0.6 is 0 Å². The van der Waals surface area contributed by atoms with Crippen molar-refractivity contribution in [3.05, 3.63) is 68.8 Å². The molecule has 26 heavy (non-hydrogen) atoms. The summed E-state index contributed by atoms with van der Waals surface area (Å²) in [4.78, 5) is 24.3. The summed E-state index contributed by atoms with van der Waals surface area (Å²) in [6, 6.07) is 12.4. The molecule has 0 atom stereocenters. The third kappa shape index (κ3) is 4.05. The Kier molecular flexibility index (Phi) is 5.25. The average molecular weight is 360 g/mol. The molecule has 1 saturated heterocycles. The average Bonchev–Trinajstić information content (AvgIpc) is 2.62. The zero-order valence-corrected chi connectivity index (χ0v) is 13.7. The van der Waals surface area contributed by atoms with E-state index in [4.69, 9.17) is 9.47 Å². The maximum Gasteiger partial charge on any atom is 0.271 e. The van der Waals surface area contributed by atoms with Crippen LogP contribution in [0, 0.1) is 20.2 Å². The third-order valence-corrected chi connectivity index (χ3v) is 3.80. The summed E-state index contributed by atoms with van der Waals surface area (Å²) in [6.45, 7) is 0.637. The lowest BCUT2D eigenvalue weighted by Crippen LogP contribution is -2.39. The molecule has 10 heteroatoms. The van der Waals surface area contributed by atoms with Gasteiger partial charge in [0.15, 0.2) is 0 Å². The Balaban J connectivity index is 1.67. The molecule has 1 aliphatic rings. The van der Waals surface area contributed by atoms with E-state index in [0.717, 1.165) is 0 Å². The zero-order valence-electron chi connectivity index (χ0n) is 13.7. The van der Waals surface area contributed by atoms with Gasteiger partial charge in [0.1, 0.15) is 26.9 Å². The minimum absolute atomic E-state index is 0.0113. The van der Waals surface area contributed by atoms with E-state index in [1.54, 1.807) is 34.1 Å². The Morgan fingerprint density at radius 1 is 0.731 bits per heavy atom. The van der Waals surface area contributed by atoms with E-state index < -0.39 is 9.85 Å². The van der Waals surface area contributed by atoms with E-state index in [2.05, 4.69) is 0 Å². The number of nitrogens with zero attached hydrogens (tertiary/aromatic N) is 4. The SMILES string of the molecule is O=[N+]([O-])c1cccc(N2COCN(c3cccc([N+](=O)[O-])c3)COC2)c1. The van der Waals surface area contributed by atoms with Crippen LogP contribution in [0.2, 0.25) is 0 Å². The molecule has 0 saturated carbocycles. The number of benzene rings is 2. The van der Waals surface area contributed by atoms with Gasteiger partial charge in [0.05, 0.1) is 9.85 Å². The van der Waals surface area contributed by atoms with Crippen molar-refractivity contribution in [2.45, 2.75) is 0 Å². The molecule has 0 unspecified atom stereocenters. The van der Waals surface area contributed by atoms with Crippen LogP contribution in [0.5, 0.6) is 0 Å². The molecule has 136 valence electrons. The van der Waals surface area contributed by atoms with E-state index >= 15 is 0 Å². The number of nitro groups is 2. The molecule has 1 heterocycles. The summed E-state index contributed by atoms with van der Waals surface area (Å²) >= 11 is 0. The molecule has 0 amide bonds. The molecule has 0 aliphatic carbocycles. The second-order valence-corrected chi connectivity index (χ2v) is 5.56. The van der Waals surface area contributed by atoms with Gasteiger partial charge in [-0.3, -0.25) is 20.2 Å². The van der Waals surface area contributed by atoms with Crippen LogP contribution in [0.3, 0.4) is 0 Å². The first-order valence-electron chi connectivity index (χ1n) is 7.69. The van der Waals surface area contributed by atoms with Gasteiger partial charge in [-0.05, 0) is 12.1 Å². The minimum Gasteiger partial charge on any atom is -0.341 e. The van der Waals surface area contributed by atoms with E-state index in [1.807, 2.05) is 0 Å².